The second-order valence-electron chi connectivity index (χ2n) is 4.20. The van der Waals surface area contributed by atoms with E-state index >= 15 is 0 Å². The summed E-state index contributed by atoms with van der Waals surface area (Å²) < 4.78 is 0. The van der Waals surface area contributed by atoms with E-state index in [0.717, 1.165) is 38.8 Å². The van der Waals surface area contributed by atoms with E-state index in [0.29, 0.717) is 5.92 Å². The highest BCUT2D eigenvalue weighted by Gasteiger charge is 2.22. The Morgan fingerprint density at radius 2 is 2.27 bits per heavy atom. The number of nitrogens with zero attached hydrogens (tertiary/aromatic N) is 1. The van der Waals surface area contributed by atoms with Gasteiger partial charge < -0.3 is 10.0 Å². The predicted molar refractivity (Wildman–Crippen MR) is 61.0 cm³/mol. The van der Waals surface area contributed by atoms with Gasteiger partial charge in [-0.1, -0.05) is 6.42 Å². The van der Waals surface area contributed by atoms with Crippen LogP contribution in [0.5, 0.6) is 0 Å². The standard InChI is InChI=1S/C11H20ClNO2/c12-8-11(15)13-6-3-5-10(9-13)4-1-2-7-14/h10,14H,1-9H2. The van der Waals surface area contributed by atoms with E-state index in [1.54, 1.807) is 0 Å². The number of piperidine rings is 1. The molecule has 1 saturated heterocycles. The molecule has 1 N–H and O–H groups in total. The molecule has 3 nitrogen and oxygen atoms in total. The Balaban J connectivity index is 2.26. The number of aliphatic hydroxyl groups excluding tert-OH is 1. The molecule has 0 bridgehead atoms. The minimum absolute atomic E-state index is 0.0588. The summed E-state index contributed by atoms with van der Waals surface area (Å²) in [5, 5.41) is 8.69. The zero-order valence-corrected chi connectivity index (χ0v) is 9.88. The molecular formula is C11H20ClNO2. The average molecular weight is 234 g/mol. The first kappa shape index (κ1) is 12.8. The lowest BCUT2D eigenvalue weighted by Crippen LogP contribution is -2.40. The third kappa shape index (κ3) is 4.39. The molecule has 0 radical (unpaired) electrons. The number of aliphatic hydroxyl groups is 1. The molecule has 15 heavy (non-hydrogen) atoms. The lowest BCUT2D eigenvalue weighted by molar-refractivity contribution is -0.130. The molecule has 1 atom stereocenters. The van der Waals surface area contributed by atoms with E-state index in [2.05, 4.69) is 0 Å². The van der Waals surface area contributed by atoms with Gasteiger partial charge in [-0.2, -0.15) is 0 Å². The first-order chi connectivity index (χ1) is 7.27. The van der Waals surface area contributed by atoms with Gasteiger partial charge in [-0.15, -0.1) is 11.6 Å². The van der Waals surface area contributed by atoms with Crippen molar-refractivity contribution in [2.45, 2.75) is 32.1 Å². The molecule has 1 fully saturated rings. The first-order valence-electron chi connectivity index (χ1n) is 5.72. The molecule has 1 amide bonds. The van der Waals surface area contributed by atoms with Gasteiger partial charge in [-0.25, -0.2) is 0 Å². The van der Waals surface area contributed by atoms with Crippen LogP contribution in [0.15, 0.2) is 0 Å². The fraction of sp³-hybridized carbons (Fsp3) is 0.909. The molecule has 0 saturated carbocycles. The normalized spacial score (nSPS) is 21.7. The van der Waals surface area contributed by atoms with Gasteiger partial charge in [-0.05, 0) is 31.6 Å². The van der Waals surface area contributed by atoms with Gasteiger partial charge in [0, 0.05) is 19.7 Å². The van der Waals surface area contributed by atoms with E-state index in [-0.39, 0.29) is 18.4 Å². The van der Waals surface area contributed by atoms with Gasteiger partial charge >= 0.3 is 0 Å². The predicted octanol–water partition coefficient (Wildman–Crippen LogP) is 1.63. The number of amides is 1. The molecule has 1 aliphatic heterocycles. The Kier molecular flexibility index (Phi) is 6.03. The van der Waals surface area contributed by atoms with E-state index in [1.165, 1.54) is 6.42 Å². The summed E-state index contributed by atoms with van der Waals surface area (Å²) in [6.45, 7) is 2.00. The van der Waals surface area contributed by atoms with Crippen molar-refractivity contribution < 1.29 is 9.90 Å². The number of carbonyl (C=O) groups excluding carboxylic acids is 1. The minimum atomic E-state index is 0.0588. The Morgan fingerprint density at radius 1 is 1.47 bits per heavy atom. The van der Waals surface area contributed by atoms with Crippen molar-refractivity contribution in [3.05, 3.63) is 0 Å². The number of hydrogen-bond acceptors (Lipinski definition) is 2. The van der Waals surface area contributed by atoms with Crippen LogP contribution in [0.1, 0.15) is 32.1 Å². The fourth-order valence-electron chi connectivity index (χ4n) is 2.16. The molecule has 4 heteroatoms. The van der Waals surface area contributed by atoms with Crippen molar-refractivity contribution in [3.8, 4) is 0 Å². The first-order valence-corrected chi connectivity index (χ1v) is 6.26. The van der Waals surface area contributed by atoms with Crippen molar-refractivity contribution >= 4 is 17.5 Å². The van der Waals surface area contributed by atoms with E-state index in [1.807, 2.05) is 4.90 Å². The van der Waals surface area contributed by atoms with Crippen molar-refractivity contribution in [1.82, 2.24) is 4.90 Å². The summed E-state index contributed by atoms with van der Waals surface area (Å²) in [7, 11) is 0. The Hall–Kier alpha value is -0.280. The monoisotopic (exact) mass is 233 g/mol. The van der Waals surface area contributed by atoms with E-state index in [9.17, 15) is 4.79 Å². The smallest absolute Gasteiger partial charge is 0.237 e. The number of unbranched alkanes of at least 4 members (excludes halogenated alkanes) is 1. The maximum atomic E-state index is 11.4. The number of likely N-dealkylation sites (tertiary alicyclic amines) is 1. The van der Waals surface area contributed by atoms with Gasteiger partial charge in [0.1, 0.15) is 5.88 Å². The highest BCUT2D eigenvalue weighted by Crippen LogP contribution is 2.21. The van der Waals surface area contributed by atoms with E-state index in [4.69, 9.17) is 16.7 Å². The number of hydrogen-bond donors (Lipinski definition) is 1. The van der Waals surface area contributed by atoms with Gasteiger partial charge in [0.05, 0.1) is 0 Å². The molecule has 1 unspecified atom stereocenters. The van der Waals surface area contributed by atoms with Crippen LogP contribution in [-0.4, -0.2) is 41.5 Å². The van der Waals surface area contributed by atoms with Crippen LogP contribution in [0, 0.1) is 5.92 Å². The fourth-order valence-corrected chi connectivity index (χ4v) is 2.33. The topological polar surface area (TPSA) is 40.5 Å². The van der Waals surface area contributed by atoms with Crippen molar-refractivity contribution in [2.24, 2.45) is 5.92 Å². The molecule has 0 spiro atoms. The molecule has 1 rings (SSSR count). The lowest BCUT2D eigenvalue weighted by atomic mass is 9.93. The van der Waals surface area contributed by atoms with Crippen molar-refractivity contribution in [1.29, 1.82) is 0 Å². The number of halogens is 1. The summed E-state index contributed by atoms with van der Waals surface area (Å²) >= 11 is 5.54. The lowest BCUT2D eigenvalue weighted by Gasteiger charge is -2.32. The second kappa shape index (κ2) is 7.07. The van der Waals surface area contributed by atoms with Crippen LogP contribution in [0.2, 0.25) is 0 Å². The Morgan fingerprint density at radius 3 is 2.93 bits per heavy atom. The van der Waals surface area contributed by atoms with Gasteiger partial charge in [0.25, 0.3) is 0 Å². The van der Waals surface area contributed by atoms with Crippen LogP contribution in [-0.2, 0) is 4.79 Å². The third-order valence-electron chi connectivity index (χ3n) is 3.01. The SMILES string of the molecule is O=C(CCl)N1CCCC(CCCCO)C1. The van der Waals surface area contributed by atoms with Crippen molar-refractivity contribution in [2.75, 3.05) is 25.6 Å². The summed E-state index contributed by atoms with van der Waals surface area (Å²) in [5.74, 6) is 0.768. The van der Waals surface area contributed by atoms with Crippen LogP contribution in [0.4, 0.5) is 0 Å². The van der Waals surface area contributed by atoms with Gasteiger partial charge in [0.2, 0.25) is 5.91 Å². The Labute approximate surface area is 96.4 Å². The summed E-state index contributed by atoms with van der Waals surface area (Å²) in [6.07, 6.45) is 5.35. The molecule has 1 heterocycles. The third-order valence-corrected chi connectivity index (χ3v) is 3.24. The maximum Gasteiger partial charge on any atom is 0.237 e. The van der Waals surface area contributed by atoms with E-state index < -0.39 is 0 Å². The molecule has 1 aliphatic rings. The zero-order valence-electron chi connectivity index (χ0n) is 9.12. The van der Waals surface area contributed by atoms with Crippen LogP contribution in [0.25, 0.3) is 0 Å². The summed E-state index contributed by atoms with van der Waals surface area (Å²) in [6, 6.07) is 0. The number of carbonyl (C=O) groups is 1. The van der Waals surface area contributed by atoms with Crippen LogP contribution < -0.4 is 0 Å². The largest absolute Gasteiger partial charge is 0.396 e. The molecule has 88 valence electrons. The molecule has 0 aromatic rings. The van der Waals surface area contributed by atoms with Crippen LogP contribution >= 0.6 is 11.6 Å². The number of rotatable bonds is 5. The average Bonchev–Trinajstić information content (AvgIpc) is 2.29. The highest BCUT2D eigenvalue weighted by molar-refractivity contribution is 6.27. The summed E-state index contributed by atoms with van der Waals surface area (Å²) in [4.78, 5) is 13.3. The van der Waals surface area contributed by atoms with Crippen molar-refractivity contribution in [3.63, 3.8) is 0 Å². The van der Waals surface area contributed by atoms with Gasteiger partial charge in [0.15, 0.2) is 0 Å². The molecular weight excluding hydrogens is 214 g/mol. The van der Waals surface area contributed by atoms with Crippen LogP contribution in [0.3, 0.4) is 0 Å². The van der Waals surface area contributed by atoms with Gasteiger partial charge in [-0.3, -0.25) is 4.79 Å². The highest BCUT2D eigenvalue weighted by atomic mass is 35.5. The zero-order chi connectivity index (χ0) is 11.1. The molecule has 0 aromatic heterocycles. The number of alkyl halides is 1. The Bertz CT molecular complexity index is 199. The summed E-state index contributed by atoms with van der Waals surface area (Å²) in [5.41, 5.74) is 0. The quantitative estimate of drug-likeness (QED) is 0.579. The molecule has 0 aliphatic carbocycles. The second-order valence-corrected chi connectivity index (χ2v) is 4.47. The maximum absolute atomic E-state index is 11.4. The molecule has 0 aromatic carbocycles. The minimum Gasteiger partial charge on any atom is -0.396 e.